The molecule has 1 saturated carbocycles. The zero-order valence-corrected chi connectivity index (χ0v) is 14.0. The van der Waals surface area contributed by atoms with Crippen LogP contribution in [0, 0.1) is 17.3 Å². The summed E-state index contributed by atoms with van der Waals surface area (Å²) in [6.07, 6.45) is 9.33. The predicted octanol–water partition coefficient (Wildman–Crippen LogP) is 2.86. The number of hydrogen-bond donors (Lipinski definition) is 0. The molecule has 0 N–H and O–H groups in total. The Labute approximate surface area is 134 Å². The molecule has 2 aliphatic heterocycles. The molecule has 4 nitrogen and oxygen atoms in total. The molecule has 4 heteroatoms. The van der Waals surface area contributed by atoms with Gasteiger partial charge in [-0.25, -0.2) is 0 Å². The lowest BCUT2D eigenvalue weighted by Gasteiger charge is -2.49. The van der Waals surface area contributed by atoms with Crippen LogP contribution in [0.5, 0.6) is 0 Å². The Bertz CT molecular complexity index is 369. The molecule has 2 heterocycles. The summed E-state index contributed by atoms with van der Waals surface area (Å²) < 4.78 is 11.1. The highest BCUT2D eigenvalue weighted by Crippen LogP contribution is 2.45. The Kier molecular flexibility index (Phi) is 5.40. The van der Waals surface area contributed by atoms with Crippen LogP contribution >= 0.6 is 0 Å². The first-order chi connectivity index (χ1) is 10.7. The van der Waals surface area contributed by atoms with Crippen molar-refractivity contribution in [3.63, 3.8) is 0 Å². The van der Waals surface area contributed by atoms with Crippen LogP contribution in [0.3, 0.4) is 0 Å². The van der Waals surface area contributed by atoms with Crippen molar-refractivity contribution in [2.75, 3.05) is 40.0 Å². The Hall–Kier alpha value is -0.610. The number of ether oxygens (including phenoxy) is 2. The van der Waals surface area contributed by atoms with Gasteiger partial charge in [-0.05, 0) is 43.4 Å². The van der Waals surface area contributed by atoms with Gasteiger partial charge in [0.25, 0.3) is 0 Å². The van der Waals surface area contributed by atoms with Gasteiger partial charge in [-0.1, -0.05) is 12.8 Å². The fourth-order valence-corrected chi connectivity index (χ4v) is 4.76. The van der Waals surface area contributed by atoms with Crippen molar-refractivity contribution in [1.29, 1.82) is 0 Å². The average Bonchev–Trinajstić information content (AvgIpc) is 3.03. The third-order valence-electron chi connectivity index (χ3n) is 6.35. The predicted molar refractivity (Wildman–Crippen MR) is 85.6 cm³/mol. The van der Waals surface area contributed by atoms with Crippen LogP contribution in [-0.4, -0.2) is 50.8 Å². The van der Waals surface area contributed by atoms with Crippen molar-refractivity contribution in [3.05, 3.63) is 0 Å². The maximum atomic E-state index is 12.5. The van der Waals surface area contributed by atoms with Gasteiger partial charge >= 0.3 is 0 Å². The Morgan fingerprint density at radius 1 is 1.23 bits per heavy atom. The second-order valence-corrected chi connectivity index (χ2v) is 7.57. The molecule has 3 fully saturated rings. The van der Waals surface area contributed by atoms with Crippen molar-refractivity contribution in [2.45, 2.75) is 51.4 Å². The van der Waals surface area contributed by atoms with Crippen LogP contribution in [0.2, 0.25) is 0 Å². The third-order valence-corrected chi connectivity index (χ3v) is 6.35. The van der Waals surface area contributed by atoms with E-state index < -0.39 is 0 Å². The molecule has 0 aromatic carbocycles. The Balaban J connectivity index is 1.53. The molecule has 3 aliphatic rings. The molecule has 0 aromatic rings. The number of nitrogens with zero attached hydrogens (tertiary/aromatic N) is 1. The number of carbonyl (C=O) groups excluding carboxylic acids is 1. The highest BCUT2D eigenvalue weighted by atomic mass is 16.5. The molecule has 0 radical (unpaired) electrons. The van der Waals surface area contributed by atoms with Crippen LogP contribution in [-0.2, 0) is 14.3 Å². The van der Waals surface area contributed by atoms with E-state index >= 15 is 0 Å². The van der Waals surface area contributed by atoms with Gasteiger partial charge in [0.05, 0.1) is 13.2 Å². The topological polar surface area (TPSA) is 38.8 Å². The van der Waals surface area contributed by atoms with E-state index in [0.29, 0.717) is 23.2 Å². The maximum Gasteiger partial charge on any atom is 0.222 e. The van der Waals surface area contributed by atoms with Crippen molar-refractivity contribution >= 4 is 5.91 Å². The van der Waals surface area contributed by atoms with E-state index in [4.69, 9.17) is 9.47 Å². The van der Waals surface area contributed by atoms with Crippen LogP contribution < -0.4 is 0 Å². The van der Waals surface area contributed by atoms with E-state index in [2.05, 4.69) is 4.90 Å². The number of hydrogen-bond acceptors (Lipinski definition) is 3. The SMILES string of the molecule is COC[C@@H]1COCCC12CCN(C(=O)CC1CCCC1)CC2. The first-order valence-corrected chi connectivity index (χ1v) is 9.08. The summed E-state index contributed by atoms with van der Waals surface area (Å²) in [6.45, 7) is 4.35. The van der Waals surface area contributed by atoms with Gasteiger partial charge in [0.1, 0.15) is 0 Å². The van der Waals surface area contributed by atoms with Gasteiger partial charge in [0.15, 0.2) is 0 Å². The second kappa shape index (κ2) is 7.31. The van der Waals surface area contributed by atoms with Gasteiger partial charge in [0.2, 0.25) is 5.91 Å². The summed E-state index contributed by atoms with van der Waals surface area (Å²) in [5, 5.41) is 0. The Morgan fingerprint density at radius 3 is 2.64 bits per heavy atom. The van der Waals surface area contributed by atoms with E-state index in [-0.39, 0.29) is 0 Å². The minimum atomic E-state index is 0.346. The molecular weight excluding hydrogens is 278 g/mol. The number of amides is 1. The first-order valence-electron chi connectivity index (χ1n) is 9.08. The Morgan fingerprint density at radius 2 is 1.95 bits per heavy atom. The summed E-state index contributed by atoms with van der Waals surface area (Å²) in [7, 11) is 1.78. The largest absolute Gasteiger partial charge is 0.384 e. The molecule has 1 spiro atoms. The van der Waals surface area contributed by atoms with E-state index in [1.54, 1.807) is 7.11 Å². The van der Waals surface area contributed by atoms with Crippen molar-refractivity contribution in [3.8, 4) is 0 Å². The van der Waals surface area contributed by atoms with E-state index in [9.17, 15) is 4.79 Å². The lowest BCUT2D eigenvalue weighted by Crippen LogP contribution is -2.50. The van der Waals surface area contributed by atoms with Crippen molar-refractivity contribution in [1.82, 2.24) is 4.90 Å². The van der Waals surface area contributed by atoms with E-state index in [1.165, 1.54) is 25.7 Å². The van der Waals surface area contributed by atoms with E-state index in [1.807, 2.05) is 0 Å². The van der Waals surface area contributed by atoms with Gasteiger partial charge in [-0.15, -0.1) is 0 Å². The minimum absolute atomic E-state index is 0.346. The smallest absolute Gasteiger partial charge is 0.222 e. The van der Waals surface area contributed by atoms with Gasteiger partial charge in [-0.3, -0.25) is 4.79 Å². The lowest BCUT2D eigenvalue weighted by molar-refractivity contribution is -0.139. The fourth-order valence-electron chi connectivity index (χ4n) is 4.76. The molecule has 1 amide bonds. The summed E-state index contributed by atoms with van der Waals surface area (Å²) in [4.78, 5) is 14.6. The first kappa shape index (κ1) is 16.3. The number of methoxy groups -OCH3 is 1. The molecule has 3 rings (SSSR count). The zero-order valence-electron chi connectivity index (χ0n) is 14.0. The molecule has 1 atom stereocenters. The standard InChI is InChI=1S/C18H31NO3/c1-21-13-16-14-22-11-8-18(16)6-9-19(10-7-18)17(20)12-15-4-2-3-5-15/h15-16H,2-14H2,1H3/t16-/m1/s1. The number of likely N-dealkylation sites (tertiary alicyclic amines) is 1. The van der Waals surface area contributed by atoms with Crippen molar-refractivity contribution in [2.24, 2.45) is 17.3 Å². The minimum Gasteiger partial charge on any atom is -0.384 e. The van der Waals surface area contributed by atoms with Gasteiger partial charge in [0, 0.05) is 39.1 Å². The highest BCUT2D eigenvalue weighted by molar-refractivity contribution is 5.76. The summed E-state index contributed by atoms with van der Waals surface area (Å²) in [5.41, 5.74) is 0.346. The monoisotopic (exact) mass is 309 g/mol. The van der Waals surface area contributed by atoms with Crippen LogP contribution in [0.25, 0.3) is 0 Å². The quantitative estimate of drug-likeness (QED) is 0.801. The lowest BCUT2D eigenvalue weighted by atomic mass is 9.66. The highest BCUT2D eigenvalue weighted by Gasteiger charge is 2.44. The molecule has 0 aromatic heterocycles. The zero-order chi connectivity index (χ0) is 15.4. The second-order valence-electron chi connectivity index (χ2n) is 7.57. The van der Waals surface area contributed by atoms with Crippen LogP contribution in [0.15, 0.2) is 0 Å². The van der Waals surface area contributed by atoms with Gasteiger partial charge < -0.3 is 14.4 Å². The molecule has 22 heavy (non-hydrogen) atoms. The van der Waals surface area contributed by atoms with Crippen LogP contribution in [0.1, 0.15) is 51.4 Å². The number of rotatable bonds is 4. The molecule has 0 unspecified atom stereocenters. The normalized spacial score (nSPS) is 29.1. The van der Waals surface area contributed by atoms with E-state index in [0.717, 1.165) is 58.6 Å². The summed E-state index contributed by atoms with van der Waals surface area (Å²) >= 11 is 0. The maximum absolute atomic E-state index is 12.5. The molecule has 2 saturated heterocycles. The molecule has 126 valence electrons. The van der Waals surface area contributed by atoms with Gasteiger partial charge in [-0.2, -0.15) is 0 Å². The van der Waals surface area contributed by atoms with Crippen LogP contribution in [0.4, 0.5) is 0 Å². The fraction of sp³-hybridized carbons (Fsp3) is 0.944. The third kappa shape index (κ3) is 3.48. The van der Waals surface area contributed by atoms with Crippen molar-refractivity contribution < 1.29 is 14.3 Å². The summed E-state index contributed by atoms with van der Waals surface area (Å²) in [6, 6.07) is 0. The number of piperidine rings is 1. The molecule has 1 aliphatic carbocycles. The number of carbonyl (C=O) groups is 1. The average molecular weight is 309 g/mol. The molecule has 0 bridgehead atoms. The summed E-state index contributed by atoms with van der Waals surface area (Å²) in [5.74, 6) is 1.56. The molecular formula is C18H31NO3.